The van der Waals surface area contributed by atoms with Crippen molar-refractivity contribution in [3.05, 3.63) is 12.2 Å². The van der Waals surface area contributed by atoms with Gasteiger partial charge in [0.05, 0.1) is 0 Å². The van der Waals surface area contributed by atoms with Crippen molar-refractivity contribution in [3.63, 3.8) is 0 Å². The van der Waals surface area contributed by atoms with Gasteiger partial charge in [0.15, 0.2) is 0 Å². The molecule has 0 amide bonds. The van der Waals surface area contributed by atoms with Crippen molar-refractivity contribution in [2.75, 3.05) is 0 Å². The Balaban J connectivity index is 2.68. The van der Waals surface area contributed by atoms with Crippen molar-refractivity contribution in [3.8, 4) is 0 Å². The molecule has 1 aliphatic rings. The molecule has 0 nitrogen and oxygen atoms in total. The van der Waals surface area contributed by atoms with Crippen LogP contribution in [-0.2, 0) is 0 Å². The van der Waals surface area contributed by atoms with Crippen LogP contribution >= 0.6 is 0 Å². The van der Waals surface area contributed by atoms with Gasteiger partial charge in [-0.1, -0.05) is 0 Å². The van der Waals surface area contributed by atoms with E-state index in [9.17, 15) is 0 Å². The van der Waals surface area contributed by atoms with Crippen molar-refractivity contribution < 1.29 is 0 Å². The van der Waals surface area contributed by atoms with Crippen LogP contribution in [0.4, 0.5) is 0 Å². The van der Waals surface area contributed by atoms with Gasteiger partial charge in [-0.05, 0) is 0 Å². The fourth-order valence-corrected chi connectivity index (χ4v) is 1.96. The third-order valence-electron chi connectivity index (χ3n) is 0.805. The summed E-state index contributed by atoms with van der Waals surface area (Å²) in [7, 11) is 0. The Kier molecular flexibility index (Phi) is 1.26. The molecular formula is C5H7As. The molecule has 32 valence electrons. The van der Waals surface area contributed by atoms with E-state index in [0.717, 1.165) is 0 Å². The summed E-state index contributed by atoms with van der Waals surface area (Å²) in [6.07, 6.45) is 4.50. The van der Waals surface area contributed by atoms with Crippen molar-refractivity contribution in [2.24, 2.45) is 0 Å². The Morgan fingerprint density at radius 2 is 2.67 bits per heavy atom. The topological polar surface area (TPSA) is 0 Å². The van der Waals surface area contributed by atoms with Crippen molar-refractivity contribution in [1.29, 1.82) is 0 Å². The number of rotatable bonds is 0. The van der Waals surface area contributed by atoms with Crippen LogP contribution in [0.1, 0.15) is 6.92 Å². The molecule has 0 aromatic carbocycles. The van der Waals surface area contributed by atoms with Crippen molar-refractivity contribution in [2.45, 2.75) is 12.1 Å². The average Bonchev–Trinajstić information content (AvgIpc) is 1.86. The van der Waals surface area contributed by atoms with Gasteiger partial charge in [-0.2, -0.15) is 0 Å². The van der Waals surface area contributed by atoms with Crippen LogP contribution in [0.3, 0.4) is 0 Å². The summed E-state index contributed by atoms with van der Waals surface area (Å²) in [6.45, 7) is 2.21. The first kappa shape index (κ1) is 4.33. The van der Waals surface area contributed by atoms with Crippen LogP contribution < -0.4 is 0 Å². The first-order chi connectivity index (χ1) is 2.89. The molecule has 1 aliphatic heterocycles. The number of allylic oxidation sites excluding steroid dienone is 2. The molecular weight excluding hydrogens is 135 g/mol. The van der Waals surface area contributed by atoms with Gasteiger partial charge in [-0.15, -0.1) is 0 Å². The van der Waals surface area contributed by atoms with Crippen molar-refractivity contribution in [1.82, 2.24) is 0 Å². The van der Waals surface area contributed by atoms with E-state index in [2.05, 4.69) is 19.1 Å². The normalized spacial score (nSPS) is 21.2. The van der Waals surface area contributed by atoms with E-state index in [4.69, 9.17) is 0 Å². The summed E-state index contributed by atoms with van der Waals surface area (Å²) in [5.74, 6) is 0. The Hall–Kier alpha value is 0.168. The molecule has 0 bridgehead atoms. The molecule has 0 aliphatic carbocycles. The van der Waals surface area contributed by atoms with E-state index in [1.807, 2.05) is 0 Å². The Labute approximate surface area is 44.5 Å². The number of hydrogen-bond donors (Lipinski definition) is 0. The van der Waals surface area contributed by atoms with Crippen LogP contribution in [0.15, 0.2) is 12.2 Å². The van der Waals surface area contributed by atoms with Gasteiger partial charge in [0.1, 0.15) is 0 Å². The van der Waals surface area contributed by atoms with Gasteiger partial charge in [-0.3, -0.25) is 0 Å². The van der Waals surface area contributed by atoms with Gasteiger partial charge in [0, 0.05) is 0 Å². The zero-order valence-electron chi connectivity index (χ0n) is 3.81. The number of hydrogen-bond acceptors (Lipinski definition) is 0. The third kappa shape index (κ3) is 0.814. The van der Waals surface area contributed by atoms with E-state index in [0.29, 0.717) is 15.3 Å². The first-order valence-electron chi connectivity index (χ1n) is 2.07. The summed E-state index contributed by atoms with van der Waals surface area (Å²) in [5, 5.41) is 1.36. The third-order valence-corrected chi connectivity index (χ3v) is 2.99. The van der Waals surface area contributed by atoms with Crippen LogP contribution in [0.5, 0.6) is 0 Å². The van der Waals surface area contributed by atoms with Crippen LogP contribution in [0.25, 0.3) is 0 Å². The minimum atomic E-state index is 0.604. The minimum absolute atomic E-state index is 0.604. The Morgan fingerprint density at radius 1 is 1.83 bits per heavy atom. The standard InChI is InChI=1S/C5H7As/c1-5-3-2-4-6-5/h2-3H,4H2,1H3. The van der Waals surface area contributed by atoms with E-state index in [1.54, 1.807) is 4.30 Å². The summed E-state index contributed by atoms with van der Waals surface area (Å²) < 4.78 is 1.62. The molecule has 0 spiro atoms. The molecule has 0 N–H and O–H groups in total. The molecule has 0 saturated heterocycles. The van der Waals surface area contributed by atoms with Gasteiger partial charge >= 0.3 is 43.9 Å². The Bertz CT molecular complexity index is 97.8. The van der Waals surface area contributed by atoms with Gasteiger partial charge < -0.3 is 0 Å². The molecule has 0 atom stereocenters. The fourth-order valence-electron chi connectivity index (χ4n) is 0.473. The van der Waals surface area contributed by atoms with Gasteiger partial charge in [0.25, 0.3) is 0 Å². The van der Waals surface area contributed by atoms with Crippen LogP contribution in [0.2, 0.25) is 5.21 Å². The summed E-state index contributed by atoms with van der Waals surface area (Å²) in [4.78, 5) is 0. The predicted octanol–water partition coefficient (Wildman–Crippen LogP) is 0.871. The van der Waals surface area contributed by atoms with Gasteiger partial charge in [0.2, 0.25) is 0 Å². The SMILES string of the molecule is CC1=[As]CC=C1. The van der Waals surface area contributed by atoms with Crippen LogP contribution in [-0.4, -0.2) is 19.6 Å². The molecule has 1 heteroatoms. The monoisotopic (exact) mass is 142 g/mol. The van der Waals surface area contributed by atoms with Crippen molar-refractivity contribution >= 4 is 19.6 Å². The molecule has 0 unspecified atom stereocenters. The second-order valence-corrected chi connectivity index (χ2v) is 4.29. The average molecular weight is 142 g/mol. The molecule has 0 aromatic heterocycles. The second kappa shape index (κ2) is 1.75. The van der Waals surface area contributed by atoms with E-state index >= 15 is 0 Å². The maximum absolute atomic E-state index is 2.26. The molecule has 0 aromatic rings. The first-order valence-corrected chi connectivity index (χ1v) is 4.34. The summed E-state index contributed by atoms with van der Waals surface area (Å²) >= 11 is 0.604. The van der Waals surface area contributed by atoms with Gasteiger partial charge in [-0.25, -0.2) is 0 Å². The molecule has 6 heavy (non-hydrogen) atoms. The predicted molar refractivity (Wildman–Crippen MR) is 30.4 cm³/mol. The fraction of sp³-hybridized carbons (Fsp3) is 0.400. The molecule has 0 fully saturated rings. The van der Waals surface area contributed by atoms with E-state index in [-0.39, 0.29) is 0 Å². The molecule has 1 rings (SSSR count). The maximum atomic E-state index is 2.26. The zero-order chi connectivity index (χ0) is 4.41. The Morgan fingerprint density at radius 3 is 2.83 bits per heavy atom. The molecule has 1 heterocycles. The quantitative estimate of drug-likeness (QED) is 0.440. The zero-order valence-corrected chi connectivity index (χ0v) is 5.69. The van der Waals surface area contributed by atoms with Crippen LogP contribution in [0, 0.1) is 0 Å². The van der Waals surface area contributed by atoms with E-state index in [1.165, 1.54) is 5.21 Å². The molecule has 0 saturated carbocycles. The summed E-state index contributed by atoms with van der Waals surface area (Å²) in [5.41, 5.74) is 0. The summed E-state index contributed by atoms with van der Waals surface area (Å²) in [6, 6.07) is 0. The second-order valence-electron chi connectivity index (χ2n) is 1.38. The van der Waals surface area contributed by atoms with E-state index < -0.39 is 0 Å². The molecule has 0 radical (unpaired) electrons.